The number of anilines is 1. The zero-order valence-corrected chi connectivity index (χ0v) is 12.0. The predicted octanol–water partition coefficient (Wildman–Crippen LogP) is 2.50. The topological polar surface area (TPSA) is 68.9 Å². The second-order valence-electron chi connectivity index (χ2n) is 4.28. The molecule has 0 aliphatic rings. The zero-order valence-electron chi connectivity index (χ0n) is 12.0. The number of nitrogens with zero attached hydrogens (tertiary/aromatic N) is 1. The fourth-order valence-corrected chi connectivity index (χ4v) is 1.71. The van der Waals surface area contributed by atoms with E-state index in [1.807, 2.05) is 54.6 Å². The van der Waals surface area contributed by atoms with Crippen LogP contribution >= 0.6 is 0 Å². The first-order valence-electron chi connectivity index (χ1n) is 6.67. The van der Waals surface area contributed by atoms with Crippen molar-refractivity contribution in [3.05, 3.63) is 54.6 Å². The highest BCUT2D eigenvalue weighted by molar-refractivity contribution is 5.92. The Hall–Kier alpha value is -2.69. The highest BCUT2D eigenvalue weighted by Gasteiger charge is 1.96. The summed E-state index contributed by atoms with van der Waals surface area (Å²) in [7, 11) is 1.63. The summed E-state index contributed by atoms with van der Waals surface area (Å²) in [5, 5.41) is 3.01. The normalized spacial score (nSPS) is 11.0. The maximum Gasteiger partial charge on any atom is 0.193 e. The van der Waals surface area contributed by atoms with Gasteiger partial charge in [-0.2, -0.15) is 0 Å². The lowest BCUT2D eigenvalue weighted by molar-refractivity contribution is 0.327. The van der Waals surface area contributed by atoms with E-state index < -0.39 is 0 Å². The molecule has 3 N–H and O–H groups in total. The fraction of sp³-hybridized carbons (Fsp3) is 0.188. The van der Waals surface area contributed by atoms with Crippen molar-refractivity contribution in [2.24, 2.45) is 10.7 Å². The molecular formula is C16H19N3O2. The second kappa shape index (κ2) is 7.79. The molecular weight excluding hydrogens is 266 g/mol. The molecule has 2 rings (SSSR count). The molecule has 0 aromatic heterocycles. The van der Waals surface area contributed by atoms with Gasteiger partial charge in [0, 0.05) is 5.69 Å². The van der Waals surface area contributed by atoms with Gasteiger partial charge < -0.3 is 20.5 Å². The number of para-hydroxylation sites is 1. The van der Waals surface area contributed by atoms with Crippen LogP contribution in [-0.4, -0.2) is 26.2 Å². The molecule has 2 aromatic carbocycles. The van der Waals surface area contributed by atoms with E-state index in [1.54, 1.807) is 7.11 Å². The quantitative estimate of drug-likeness (QED) is 0.486. The maximum absolute atomic E-state index is 5.79. The van der Waals surface area contributed by atoms with Crippen LogP contribution in [0, 0.1) is 0 Å². The molecule has 0 heterocycles. The lowest BCUT2D eigenvalue weighted by atomic mass is 10.3. The lowest BCUT2D eigenvalue weighted by Gasteiger charge is -2.07. The Kier molecular flexibility index (Phi) is 5.46. The molecule has 0 aliphatic carbocycles. The predicted molar refractivity (Wildman–Crippen MR) is 85.0 cm³/mol. The van der Waals surface area contributed by atoms with Gasteiger partial charge >= 0.3 is 0 Å². The van der Waals surface area contributed by atoms with Gasteiger partial charge in [0.25, 0.3) is 0 Å². The summed E-state index contributed by atoms with van der Waals surface area (Å²) < 4.78 is 10.6. The molecule has 21 heavy (non-hydrogen) atoms. The number of methoxy groups -OCH3 is 1. The Morgan fingerprint density at radius 3 is 2.38 bits per heavy atom. The van der Waals surface area contributed by atoms with Gasteiger partial charge in [-0.3, -0.25) is 0 Å². The Morgan fingerprint density at radius 1 is 1.05 bits per heavy atom. The third-order valence-electron chi connectivity index (χ3n) is 2.75. The van der Waals surface area contributed by atoms with E-state index in [9.17, 15) is 0 Å². The average molecular weight is 285 g/mol. The van der Waals surface area contributed by atoms with Gasteiger partial charge in [0.15, 0.2) is 5.96 Å². The molecule has 0 radical (unpaired) electrons. The van der Waals surface area contributed by atoms with Gasteiger partial charge in [-0.25, -0.2) is 4.99 Å². The second-order valence-corrected chi connectivity index (χ2v) is 4.28. The molecule has 0 saturated heterocycles. The van der Waals surface area contributed by atoms with Gasteiger partial charge in [-0.15, -0.1) is 0 Å². The molecule has 5 heteroatoms. The van der Waals surface area contributed by atoms with E-state index in [0.29, 0.717) is 19.1 Å². The van der Waals surface area contributed by atoms with Crippen LogP contribution < -0.4 is 20.5 Å². The molecule has 0 amide bonds. The van der Waals surface area contributed by atoms with Gasteiger partial charge in [0.05, 0.1) is 13.7 Å². The van der Waals surface area contributed by atoms with Gasteiger partial charge in [-0.05, 0) is 36.4 Å². The SMILES string of the molecule is COc1ccc(OCCN=C(N)Nc2ccccc2)cc1. The van der Waals surface area contributed by atoms with Crippen molar-refractivity contribution in [1.29, 1.82) is 0 Å². The summed E-state index contributed by atoms with van der Waals surface area (Å²) in [6.45, 7) is 0.946. The van der Waals surface area contributed by atoms with Gasteiger partial charge in [0.1, 0.15) is 18.1 Å². The number of benzene rings is 2. The van der Waals surface area contributed by atoms with Gasteiger partial charge in [0.2, 0.25) is 0 Å². The van der Waals surface area contributed by atoms with E-state index in [4.69, 9.17) is 15.2 Å². The number of aliphatic imine (C=N–C) groups is 1. The zero-order chi connectivity index (χ0) is 14.9. The number of hydrogen-bond acceptors (Lipinski definition) is 3. The van der Waals surface area contributed by atoms with E-state index in [2.05, 4.69) is 10.3 Å². The lowest BCUT2D eigenvalue weighted by Crippen LogP contribution is -2.23. The Bertz CT molecular complexity index is 568. The summed E-state index contributed by atoms with van der Waals surface area (Å²) >= 11 is 0. The number of rotatable bonds is 6. The summed E-state index contributed by atoms with van der Waals surface area (Å²) in [5.41, 5.74) is 6.70. The van der Waals surface area contributed by atoms with Crippen molar-refractivity contribution >= 4 is 11.6 Å². The minimum absolute atomic E-state index is 0.375. The molecule has 110 valence electrons. The largest absolute Gasteiger partial charge is 0.497 e. The molecule has 5 nitrogen and oxygen atoms in total. The fourth-order valence-electron chi connectivity index (χ4n) is 1.71. The van der Waals surface area contributed by atoms with E-state index in [1.165, 1.54) is 0 Å². The maximum atomic E-state index is 5.79. The number of guanidine groups is 1. The molecule has 0 unspecified atom stereocenters. The van der Waals surface area contributed by atoms with Crippen molar-refractivity contribution in [2.75, 3.05) is 25.6 Å². The number of nitrogens with two attached hydrogens (primary N) is 1. The van der Waals surface area contributed by atoms with Crippen molar-refractivity contribution < 1.29 is 9.47 Å². The van der Waals surface area contributed by atoms with Crippen molar-refractivity contribution in [3.8, 4) is 11.5 Å². The van der Waals surface area contributed by atoms with Crippen LogP contribution in [0.2, 0.25) is 0 Å². The molecule has 0 atom stereocenters. The Balaban J connectivity index is 1.74. The van der Waals surface area contributed by atoms with Crippen LogP contribution in [0.3, 0.4) is 0 Å². The van der Waals surface area contributed by atoms with E-state index >= 15 is 0 Å². The monoisotopic (exact) mass is 285 g/mol. The third-order valence-corrected chi connectivity index (χ3v) is 2.75. The average Bonchev–Trinajstić information content (AvgIpc) is 2.53. The minimum atomic E-state index is 0.375. The van der Waals surface area contributed by atoms with Crippen LogP contribution in [0.15, 0.2) is 59.6 Å². The van der Waals surface area contributed by atoms with Crippen molar-refractivity contribution in [1.82, 2.24) is 0 Å². The van der Waals surface area contributed by atoms with Crippen LogP contribution in [0.5, 0.6) is 11.5 Å². The first-order valence-corrected chi connectivity index (χ1v) is 6.67. The van der Waals surface area contributed by atoms with Crippen molar-refractivity contribution in [3.63, 3.8) is 0 Å². The van der Waals surface area contributed by atoms with Gasteiger partial charge in [-0.1, -0.05) is 18.2 Å². The third kappa shape index (κ3) is 5.06. The standard InChI is InChI=1S/C16H19N3O2/c1-20-14-7-9-15(10-8-14)21-12-11-18-16(17)19-13-5-3-2-4-6-13/h2-10H,11-12H2,1H3,(H3,17,18,19). The highest BCUT2D eigenvalue weighted by atomic mass is 16.5. The Labute approximate surface area is 124 Å². The first-order chi connectivity index (χ1) is 10.3. The van der Waals surface area contributed by atoms with Crippen LogP contribution in [0.4, 0.5) is 5.69 Å². The Morgan fingerprint density at radius 2 is 1.71 bits per heavy atom. The van der Waals surface area contributed by atoms with Crippen LogP contribution in [-0.2, 0) is 0 Å². The molecule has 0 saturated carbocycles. The summed E-state index contributed by atoms with van der Waals surface area (Å²) in [4.78, 5) is 4.20. The molecule has 0 spiro atoms. The van der Waals surface area contributed by atoms with Crippen LogP contribution in [0.1, 0.15) is 0 Å². The number of hydrogen-bond donors (Lipinski definition) is 2. The molecule has 0 aliphatic heterocycles. The smallest absolute Gasteiger partial charge is 0.193 e. The summed E-state index contributed by atoms with van der Waals surface area (Å²) in [5.74, 6) is 1.96. The molecule has 0 fully saturated rings. The number of nitrogens with one attached hydrogen (secondary N) is 1. The number of ether oxygens (including phenoxy) is 2. The highest BCUT2D eigenvalue weighted by Crippen LogP contribution is 2.16. The van der Waals surface area contributed by atoms with E-state index in [0.717, 1.165) is 17.2 Å². The first kappa shape index (κ1) is 14.7. The van der Waals surface area contributed by atoms with Crippen LogP contribution in [0.25, 0.3) is 0 Å². The van der Waals surface area contributed by atoms with Crippen molar-refractivity contribution in [2.45, 2.75) is 0 Å². The minimum Gasteiger partial charge on any atom is -0.497 e. The van der Waals surface area contributed by atoms with E-state index in [-0.39, 0.29) is 0 Å². The molecule has 0 bridgehead atoms. The summed E-state index contributed by atoms with van der Waals surface area (Å²) in [6.07, 6.45) is 0. The molecule has 2 aromatic rings. The summed E-state index contributed by atoms with van der Waals surface area (Å²) in [6, 6.07) is 17.1.